The van der Waals surface area contributed by atoms with Crippen molar-refractivity contribution in [3.63, 3.8) is 0 Å². The Morgan fingerprint density at radius 2 is 1.67 bits per heavy atom. The molecule has 0 aliphatic rings. The van der Waals surface area contributed by atoms with Gasteiger partial charge in [0, 0.05) is 17.7 Å². The van der Waals surface area contributed by atoms with Crippen molar-refractivity contribution in [3.8, 4) is 34.3 Å². The summed E-state index contributed by atoms with van der Waals surface area (Å²) in [7, 11) is 0. The summed E-state index contributed by atoms with van der Waals surface area (Å²) in [6.45, 7) is 0. The van der Waals surface area contributed by atoms with Gasteiger partial charge in [0.1, 0.15) is 22.5 Å². The van der Waals surface area contributed by atoms with Gasteiger partial charge in [0.25, 0.3) is 0 Å². The Morgan fingerprint density at radius 1 is 1.00 bits per heavy atom. The average molecular weight is 291 g/mol. The van der Waals surface area contributed by atoms with Gasteiger partial charge >= 0.3 is 0 Å². The van der Waals surface area contributed by atoms with Crippen molar-refractivity contribution >= 4 is 11.0 Å². The highest BCUT2D eigenvalue weighted by Gasteiger charge is 2.17. The molecule has 1 aromatic heterocycles. The topological polar surface area (TPSA) is 111 Å². The molecule has 106 valence electrons. The minimum absolute atomic E-state index is 0.446. The van der Waals surface area contributed by atoms with Crippen molar-refractivity contribution < 1.29 is 31.7 Å². The molecule has 6 nitrogen and oxygen atoms in total. The highest BCUT2D eigenvalue weighted by molar-refractivity contribution is 5.89. The maximum Gasteiger partial charge on any atom is 0.201 e. The van der Waals surface area contributed by atoms with E-state index in [0.29, 0.717) is 0 Å². The van der Waals surface area contributed by atoms with Crippen LogP contribution in [0, 0.1) is 0 Å². The molecule has 0 amide bonds. The number of rotatable bonds is 1. The summed E-state index contributed by atoms with van der Waals surface area (Å²) in [6.07, 6.45) is 0. The standard InChI is InChI=1S/C15H10O6/c16-8-3-1-7(2-4-8)11-5-9(17)13-12(21-11)6-10(18)14(19)15(13)20/h1-6,16,18-20H/i1D,2D,3D,4D,5D. The molecule has 0 saturated carbocycles. The summed E-state index contributed by atoms with van der Waals surface area (Å²) in [5.41, 5.74) is -2.12. The fourth-order valence-electron chi connectivity index (χ4n) is 1.76. The monoisotopic (exact) mass is 291 g/mol. The van der Waals surface area contributed by atoms with Gasteiger partial charge in [-0.15, -0.1) is 0 Å². The third kappa shape index (κ3) is 2.02. The van der Waals surface area contributed by atoms with E-state index >= 15 is 0 Å². The second-order valence-electron chi connectivity index (χ2n) is 4.07. The highest BCUT2D eigenvalue weighted by atomic mass is 16.3. The van der Waals surface area contributed by atoms with E-state index in [4.69, 9.17) is 11.3 Å². The summed E-state index contributed by atoms with van der Waals surface area (Å²) in [5.74, 6) is -4.35. The van der Waals surface area contributed by atoms with Crippen molar-refractivity contribution in [3.05, 3.63) is 46.5 Å². The molecule has 6 heteroatoms. The maximum atomic E-state index is 12.4. The molecule has 4 N–H and O–H groups in total. The van der Waals surface area contributed by atoms with Crippen LogP contribution >= 0.6 is 0 Å². The van der Waals surface area contributed by atoms with Gasteiger partial charge in [0.15, 0.2) is 16.9 Å². The minimum atomic E-state index is -1.13. The largest absolute Gasteiger partial charge is 0.508 e. The zero-order valence-corrected chi connectivity index (χ0v) is 10.2. The molecule has 0 saturated heterocycles. The fraction of sp³-hybridized carbons (Fsp3) is 0. The molecule has 0 atom stereocenters. The van der Waals surface area contributed by atoms with Crippen molar-refractivity contribution in [1.29, 1.82) is 0 Å². The maximum absolute atomic E-state index is 12.4. The SMILES string of the molecule is [2H]c1c([2H])c(-c2oc3cc(O)c(O)c(O)c3c(=O)c2[2H])c([2H])c([2H])c1O. The molecule has 2 aromatic carbocycles. The summed E-state index contributed by atoms with van der Waals surface area (Å²) < 4.78 is 44.2. The lowest BCUT2D eigenvalue weighted by Gasteiger charge is -2.07. The smallest absolute Gasteiger partial charge is 0.201 e. The van der Waals surface area contributed by atoms with Crippen molar-refractivity contribution in [1.82, 2.24) is 0 Å². The van der Waals surface area contributed by atoms with Gasteiger partial charge < -0.3 is 24.8 Å². The summed E-state index contributed by atoms with van der Waals surface area (Å²) in [4.78, 5) is 12.4. The Morgan fingerprint density at radius 3 is 2.33 bits per heavy atom. The van der Waals surface area contributed by atoms with E-state index in [1.54, 1.807) is 0 Å². The van der Waals surface area contributed by atoms with E-state index in [-0.39, 0.29) is 0 Å². The van der Waals surface area contributed by atoms with Crippen LogP contribution in [0.4, 0.5) is 0 Å². The number of phenolic OH excluding ortho intramolecular Hbond substituents is 4. The van der Waals surface area contributed by atoms with Crippen LogP contribution in [-0.4, -0.2) is 20.4 Å². The number of hydrogen-bond acceptors (Lipinski definition) is 6. The van der Waals surface area contributed by atoms with Crippen molar-refractivity contribution in [2.45, 2.75) is 0 Å². The van der Waals surface area contributed by atoms with E-state index in [1.807, 2.05) is 0 Å². The minimum Gasteiger partial charge on any atom is -0.508 e. The van der Waals surface area contributed by atoms with E-state index in [0.717, 1.165) is 6.07 Å². The normalized spacial score (nSPS) is 14.2. The molecule has 0 spiro atoms. The molecule has 21 heavy (non-hydrogen) atoms. The van der Waals surface area contributed by atoms with E-state index in [2.05, 4.69) is 0 Å². The van der Waals surface area contributed by atoms with Gasteiger partial charge in [0.05, 0.1) is 6.85 Å². The Hall–Kier alpha value is -3.15. The molecule has 0 fully saturated rings. The zero-order chi connectivity index (χ0) is 19.5. The second-order valence-corrected chi connectivity index (χ2v) is 4.07. The highest BCUT2D eigenvalue weighted by Crippen LogP contribution is 2.40. The van der Waals surface area contributed by atoms with Crippen molar-refractivity contribution in [2.75, 3.05) is 0 Å². The first-order chi connectivity index (χ1) is 12.1. The van der Waals surface area contributed by atoms with Crippen LogP contribution in [0.25, 0.3) is 22.3 Å². The van der Waals surface area contributed by atoms with E-state index in [9.17, 15) is 25.2 Å². The molecule has 0 bridgehead atoms. The predicted octanol–water partition coefficient (Wildman–Crippen LogP) is 2.28. The molecule has 0 aliphatic heterocycles. The first-order valence-electron chi connectivity index (χ1n) is 8.08. The number of phenols is 4. The van der Waals surface area contributed by atoms with Crippen LogP contribution < -0.4 is 5.43 Å². The Labute approximate surface area is 124 Å². The van der Waals surface area contributed by atoms with Crippen LogP contribution in [0.2, 0.25) is 0 Å². The van der Waals surface area contributed by atoms with Crippen LogP contribution in [0.3, 0.4) is 0 Å². The van der Waals surface area contributed by atoms with Gasteiger partial charge in [-0.1, -0.05) is 0 Å². The van der Waals surface area contributed by atoms with E-state index < -0.39 is 80.9 Å². The van der Waals surface area contributed by atoms with Gasteiger partial charge in [-0.3, -0.25) is 4.79 Å². The molecule has 0 unspecified atom stereocenters. The molecule has 0 aliphatic carbocycles. The number of aromatic hydroxyl groups is 4. The number of fused-ring (bicyclic) bond motifs is 1. The van der Waals surface area contributed by atoms with Gasteiger partial charge in [0.2, 0.25) is 5.75 Å². The van der Waals surface area contributed by atoms with Crippen LogP contribution in [0.5, 0.6) is 23.0 Å². The Kier molecular flexibility index (Phi) is 1.74. The number of benzene rings is 2. The molecular formula is C15H10O6. The lowest BCUT2D eigenvalue weighted by molar-refractivity contribution is 0.370. The Bertz CT molecular complexity index is 1130. The van der Waals surface area contributed by atoms with E-state index in [1.165, 1.54) is 0 Å². The molecule has 1 heterocycles. The summed E-state index contributed by atoms with van der Waals surface area (Å²) >= 11 is 0. The lowest BCUT2D eigenvalue weighted by Crippen LogP contribution is -2.00. The van der Waals surface area contributed by atoms with Crippen molar-refractivity contribution in [2.24, 2.45) is 0 Å². The van der Waals surface area contributed by atoms with Gasteiger partial charge in [-0.25, -0.2) is 0 Å². The average Bonchev–Trinajstić information content (AvgIpc) is 2.60. The fourth-order valence-corrected chi connectivity index (χ4v) is 1.76. The molecule has 0 radical (unpaired) electrons. The summed E-state index contributed by atoms with van der Waals surface area (Å²) in [5, 5.41) is 37.9. The second kappa shape index (κ2) is 4.45. The summed E-state index contributed by atoms with van der Waals surface area (Å²) in [6, 6.07) is -3.17. The van der Waals surface area contributed by atoms with Crippen LogP contribution in [-0.2, 0) is 0 Å². The van der Waals surface area contributed by atoms with Gasteiger partial charge in [-0.05, 0) is 24.2 Å². The first kappa shape index (κ1) is 8.21. The van der Waals surface area contributed by atoms with Gasteiger partial charge in [-0.2, -0.15) is 0 Å². The number of hydrogen-bond donors (Lipinski definition) is 4. The third-order valence-electron chi connectivity index (χ3n) is 2.72. The predicted molar refractivity (Wildman–Crippen MR) is 74.6 cm³/mol. The van der Waals surface area contributed by atoms with Crippen LogP contribution in [0.1, 0.15) is 6.85 Å². The molecule has 3 aromatic rings. The molecule has 3 rings (SSSR count). The molecular weight excluding hydrogens is 276 g/mol. The Balaban J connectivity index is 2.52. The van der Waals surface area contributed by atoms with Crippen LogP contribution in [0.15, 0.2) is 45.5 Å². The zero-order valence-electron chi connectivity index (χ0n) is 15.2. The first-order valence-corrected chi connectivity index (χ1v) is 5.58. The lowest BCUT2D eigenvalue weighted by atomic mass is 10.1. The quantitative estimate of drug-likeness (QED) is 0.512. The third-order valence-corrected chi connectivity index (χ3v) is 2.72.